The summed E-state index contributed by atoms with van der Waals surface area (Å²) in [4.78, 5) is 2.79. The lowest BCUT2D eigenvalue weighted by Crippen LogP contribution is -2.27. The molecular formula is C21H29ClN2O2S. The van der Waals surface area contributed by atoms with Gasteiger partial charge in [-0.3, -0.25) is 4.72 Å². The van der Waals surface area contributed by atoms with E-state index in [2.05, 4.69) is 29.5 Å². The Balaban J connectivity index is 0.00000261. The average Bonchev–Trinajstić information content (AvgIpc) is 2.84. The first kappa shape index (κ1) is 21.7. The summed E-state index contributed by atoms with van der Waals surface area (Å²) >= 11 is 0. The number of hydrogen-bond acceptors (Lipinski definition) is 3. The quantitative estimate of drug-likeness (QED) is 0.775. The van der Waals surface area contributed by atoms with Crippen LogP contribution in [0.25, 0.3) is 0 Å². The predicted molar refractivity (Wildman–Crippen MR) is 114 cm³/mol. The van der Waals surface area contributed by atoms with Crippen LogP contribution >= 0.6 is 12.4 Å². The minimum absolute atomic E-state index is 0. The molecule has 0 unspecified atom stereocenters. The van der Waals surface area contributed by atoms with Gasteiger partial charge in [0.1, 0.15) is 0 Å². The molecule has 6 heteroatoms. The van der Waals surface area contributed by atoms with Gasteiger partial charge in [0.15, 0.2) is 0 Å². The summed E-state index contributed by atoms with van der Waals surface area (Å²) < 4.78 is 28.0. The fourth-order valence-corrected chi connectivity index (χ4v) is 4.54. The minimum Gasteiger partial charge on any atom is -0.303 e. The highest BCUT2D eigenvalue weighted by Crippen LogP contribution is 2.23. The average molecular weight is 409 g/mol. The van der Waals surface area contributed by atoms with Gasteiger partial charge in [0.2, 0.25) is 0 Å². The molecular weight excluding hydrogens is 380 g/mol. The van der Waals surface area contributed by atoms with Gasteiger partial charge in [-0.1, -0.05) is 32.0 Å². The molecule has 1 N–H and O–H groups in total. The molecule has 27 heavy (non-hydrogen) atoms. The van der Waals surface area contributed by atoms with Crippen molar-refractivity contribution in [2.24, 2.45) is 0 Å². The number of aryl methyl sites for hydroxylation is 1. The van der Waals surface area contributed by atoms with Crippen molar-refractivity contribution in [3.05, 3.63) is 59.2 Å². The van der Waals surface area contributed by atoms with Crippen LogP contribution in [0.15, 0.2) is 47.4 Å². The van der Waals surface area contributed by atoms with Crippen LogP contribution in [0.5, 0.6) is 0 Å². The smallest absolute Gasteiger partial charge is 0.261 e. The lowest BCUT2D eigenvalue weighted by molar-refractivity contribution is 0.288. The number of hydrogen-bond donors (Lipinski definition) is 1. The van der Waals surface area contributed by atoms with Gasteiger partial charge in [-0.15, -0.1) is 12.4 Å². The molecule has 0 saturated heterocycles. The lowest BCUT2D eigenvalue weighted by Gasteiger charge is -2.18. The predicted octanol–water partition coefficient (Wildman–Crippen LogP) is 4.28. The molecule has 0 amide bonds. The van der Waals surface area contributed by atoms with E-state index >= 15 is 0 Å². The van der Waals surface area contributed by atoms with Crippen molar-refractivity contribution >= 4 is 28.1 Å². The van der Waals surface area contributed by atoms with Crippen molar-refractivity contribution in [1.82, 2.24) is 4.90 Å². The standard InChI is InChI=1S/C21H28N2O2S.ClH/c1-3-13-23-14-11-18-7-8-20(16-19(18)12-15-23)22-26(24,25)21-9-5-17(4-2)6-10-21;/h5-10,16,22H,3-4,11-15H2,1-2H3;1H. The summed E-state index contributed by atoms with van der Waals surface area (Å²) in [5, 5.41) is 0. The number of anilines is 1. The Labute approximate surface area is 169 Å². The van der Waals surface area contributed by atoms with Gasteiger partial charge >= 0.3 is 0 Å². The molecule has 0 bridgehead atoms. The van der Waals surface area contributed by atoms with Crippen LogP contribution in [0, 0.1) is 0 Å². The number of benzene rings is 2. The molecule has 0 spiro atoms. The zero-order valence-corrected chi connectivity index (χ0v) is 17.7. The summed E-state index contributed by atoms with van der Waals surface area (Å²) in [5.74, 6) is 0. The highest BCUT2D eigenvalue weighted by atomic mass is 35.5. The third-order valence-corrected chi connectivity index (χ3v) is 6.43. The number of halogens is 1. The van der Waals surface area contributed by atoms with Crippen molar-refractivity contribution in [2.75, 3.05) is 24.4 Å². The van der Waals surface area contributed by atoms with Crippen LogP contribution in [0.2, 0.25) is 0 Å². The van der Waals surface area contributed by atoms with Gasteiger partial charge in [-0.05, 0) is 73.2 Å². The van der Waals surface area contributed by atoms with Crippen LogP contribution in [0.1, 0.15) is 37.0 Å². The zero-order chi connectivity index (χ0) is 18.6. The Kier molecular flexibility index (Phi) is 7.71. The van der Waals surface area contributed by atoms with E-state index in [0.29, 0.717) is 10.6 Å². The fraction of sp³-hybridized carbons (Fsp3) is 0.429. The maximum atomic E-state index is 12.7. The molecule has 0 aliphatic carbocycles. The number of sulfonamides is 1. The van der Waals surface area contributed by atoms with Crippen LogP contribution < -0.4 is 4.72 Å². The molecule has 0 fully saturated rings. The van der Waals surface area contributed by atoms with E-state index in [-0.39, 0.29) is 12.4 Å². The summed E-state index contributed by atoms with van der Waals surface area (Å²) in [5.41, 5.74) is 4.36. The largest absolute Gasteiger partial charge is 0.303 e. The number of rotatable bonds is 6. The third kappa shape index (κ3) is 5.47. The normalized spacial score (nSPS) is 14.7. The van der Waals surface area contributed by atoms with Gasteiger partial charge in [-0.2, -0.15) is 0 Å². The molecule has 4 nitrogen and oxygen atoms in total. The first-order valence-corrected chi connectivity index (χ1v) is 11.0. The molecule has 1 aliphatic rings. The Morgan fingerprint density at radius 1 is 0.963 bits per heavy atom. The van der Waals surface area contributed by atoms with Crippen LogP contribution in [0.4, 0.5) is 5.69 Å². The van der Waals surface area contributed by atoms with Gasteiger partial charge in [0, 0.05) is 18.8 Å². The van der Waals surface area contributed by atoms with Gasteiger partial charge < -0.3 is 4.90 Å². The SMILES string of the molecule is CCCN1CCc2ccc(NS(=O)(=O)c3ccc(CC)cc3)cc2CC1.Cl. The Hall–Kier alpha value is -1.56. The van der Waals surface area contributed by atoms with E-state index in [0.717, 1.165) is 50.9 Å². The molecule has 0 atom stereocenters. The molecule has 1 aliphatic heterocycles. The van der Waals surface area contributed by atoms with Crippen molar-refractivity contribution in [1.29, 1.82) is 0 Å². The molecule has 2 aromatic carbocycles. The number of nitrogens with zero attached hydrogens (tertiary/aromatic N) is 1. The second-order valence-corrected chi connectivity index (χ2v) is 8.61. The highest BCUT2D eigenvalue weighted by Gasteiger charge is 2.17. The van der Waals surface area contributed by atoms with Crippen molar-refractivity contribution < 1.29 is 8.42 Å². The summed E-state index contributed by atoms with van der Waals surface area (Å²) in [6, 6.07) is 13.0. The summed E-state index contributed by atoms with van der Waals surface area (Å²) in [7, 11) is -3.55. The Bertz CT molecular complexity index is 851. The monoisotopic (exact) mass is 408 g/mol. The summed E-state index contributed by atoms with van der Waals surface area (Å²) in [6.07, 6.45) is 4.06. The van der Waals surface area contributed by atoms with E-state index in [1.807, 2.05) is 24.3 Å². The Morgan fingerprint density at radius 3 is 2.26 bits per heavy atom. The second-order valence-electron chi connectivity index (χ2n) is 6.93. The van der Waals surface area contributed by atoms with Crippen LogP contribution in [0.3, 0.4) is 0 Å². The maximum absolute atomic E-state index is 12.7. The molecule has 1 heterocycles. The molecule has 148 valence electrons. The minimum atomic E-state index is -3.55. The summed E-state index contributed by atoms with van der Waals surface area (Å²) in [6.45, 7) is 7.50. The van der Waals surface area contributed by atoms with E-state index in [1.165, 1.54) is 11.1 Å². The van der Waals surface area contributed by atoms with Gasteiger partial charge in [-0.25, -0.2) is 8.42 Å². The first-order chi connectivity index (χ1) is 12.5. The molecule has 2 aromatic rings. The molecule has 0 aromatic heterocycles. The third-order valence-electron chi connectivity index (χ3n) is 5.03. The van der Waals surface area contributed by atoms with E-state index in [9.17, 15) is 8.42 Å². The molecule has 0 saturated carbocycles. The Morgan fingerprint density at radius 2 is 1.63 bits per heavy atom. The van der Waals surface area contributed by atoms with Crippen molar-refractivity contribution in [3.63, 3.8) is 0 Å². The zero-order valence-electron chi connectivity index (χ0n) is 16.1. The van der Waals surface area contributed by atoms with Crippen LogP contribution in [-0.2, 0) is 29.3 Å². The van der Waals surface area contributed by atoms with E-state index in [1.54, 1.807) is 12.1 Å². The van der Waals surface area contributed by atoms with Crippen LogP contribution in [-0.4, -0.2) is 33.0 Å². The highest BCUT2D eigenvalue weighted by molar-refractivity contribution is 7.92. The van der Waals surface area contributed by atoms with Crippen molar-refractivity contribution in [3.8, 4) is 0 Å². The van der Waals surface area contributed by atoms with E-state index in [4.69, 9.17) is 0 Å². The van der Waals surface area contributed by atoms with Gasteiger partial charge in [0.05, 0.1) is 4.90 Å². The molecule has 3 rings (SSSR count). The number of nitrogens with one attached hydrogen (secondary N) is 1. The number of fused-ring (bicyclic) bond motifs is 1. The fourth-order valence-electron chi connectivity index (χ4n) is 3.49. The molecule has 0 radical (unpaired) electrons. The van der Waals surface area contributed by atoms with Gasteiger partial charge in [0.25, 0.3) is 10.0 Å². The topological polar surface area (TPSA) is 49.4 Å². The first-order valence-electron chi connectivity index (χ1n) is 9.47. The lowest BCUT2D eigenvalue weighted by atomic mass is 10.0. The maximum Gasteiger partial charge on any atom is 0.261 e. The van der Waals surface area contributed by atoms with E-state index < -0.39 is 10.0 Å². The second kappa shape index (κ2) is 9.58. The van der Waals surface area contributed by atoms with Crippen molar-refractivity contribution in [2.45, 2.75) is 44.4 Å².